The zero-order valence-corrected chi connectivity index (χ0v) is 12.6. The van der Waals surface area contributed by atoms with Gasteiger partial charge < -0.3 is 14.8 Å². The van der Waals surface area contributed by atoms with Crippen molar-refractivity contribution >= 4 is 5.69 Å². The Morgan fingerprint density at radius 2 is 1.78 bits per heavy atom. The van der Waals surface area contributed by atoms with Crippen LogP contribution in [0.25, 0.3) is 0 Å². The molecule has 0 unspecified atom stereocenters. The maximum Gasteiger partial charge on any atom is 0.150 e. The van der Waals surface area contributed by atoms with Crippen LogP contribution in [0.5, 0.6) is 5.75 Å². The number of rotatable bonds is 7. The lowest BCUT2D eigenvalue weighted by Crippen LogP contribution is -2.12. The third-order valence-electron chi connectivity index (χ3n) is 3.15. The molecule has 0 amide bonds. The van der Waals surface area contributed by atoms with Crippen LogP contribution in [0.15, 0.2) is 36.4 Å². The summed E-state index contributed by atoms with van der Waals surface area (Å²) >= 11 is 0. The van der Waals surface area contributed by atoms with Crippen molar-refractivity contribution in [3.05, 3.63) is 59.2 Å². The lowest BCUT2D eigenvalue weighted by Gasteiger charge is -2.10. The largest absolute Gasteiger partial charge is 0.497 e. The summed E-state index contributed by atoms with van der Waals surface area (Å²) in [6, 6.07) is 11.1. The van der Waals surface area contributed by atoms with Crippen LogP contribution in [0.2, 0.25) is 0 Å². The third-order valence-corrected chi connectivity index (χ3v) is 3.15. The Kier molecular flexibility index (Phi) is 5.89. The second-order valence-corrected chi connectivity index (χ2v) is 4.75. The van der Waals surface area contributed by atoms with Crippen LogP contribution < -0.4 is 10.1 Å². The monoisotopic (exact) mass is 318 g/mol. The molecule has 0 saturated carbocycles. The number of anilines is 1. The Hall–Kier alpha value is -2.65. The molecular formula is C17H16F2N2O2. The van der Waals surface area contributed by atoms with Crippen molar-refractivity contribution in [3.63, 3.8) is 0 Å². The summed E-state index contributed by atoms with van der Waals surface area (Å²) in [5.74, 6) is -0.824. The van der Waals surface area contributed by atoms with Gasteiger partial charge >= 0.3 is 0 Å². The molecule has 0 fully saturated rings. The Labute approximate surface area is 133 Å². The van der Waals surface area contributed by atoms with Gasteiger partial charge in [0, 0.05) is 6.54 Å². The van der Waals surface area contributed by atoms with Gasteiger partial charge in [-0.25, -0.2) is 8.78 Å². The second-order valence-electron chi connectivity index (χ2n) is 4.75. The van der Waals surface area contributed by atoms with Gasteiger partial charge in [0.25, 0.3) is 0 Å². The zero-order chi connectivity index (χ0) is 16.7. The molecule has 4 nitrogen and oxygen atoms in total. The number of hydrogen-bond donors (Lipinski definition) is 1. The molecule has 6 heteroatoms. The number of halogens is 2. The highest BCUT2D eigenvalue weighted by atomic mass is 19.1. The maximum absolute atomic E-state index is 13.6. The van der Waals surface area contributed by atoms with Gasteiger partial charge in [0.05, 0.1) is 32.0 Å². The molecule has 0 radical (unpaired) electrons. The Morgan fingerprint density at radius 1 is 1.13 bits per heavy atom. The van der Waals surface area contributed by atoms with E-state index < -0.39 is 11.6 Å². The summed E-state index contributed by atoms with van der Waals surface area (Å²) in [6.45, 7) is 0.921. The van der Waals surface area contributed by atoms with E-state index in [1.54, 1.807) is 13.2 Å². The first-order valence-corrected chi connectivity index (χ1v) is 6.97. The molecule has 2 aromatic carbocycles. The molecule has 2 rings (SSSR count). The molecule has 23 heavy (non-hydrogen) atoms. The SMILES string of the molecule is COc1ccc(COCCNc2c(F)cc(C#N)cc2F)cc1. The quantitative estimate of drug-likeness (QED) is 0.794. The Bertz CT molecular complexity index is 674. The number of nitrogens with zero attached hydrogens (tertiary/aromatic N) is 1. The molecule has 0 aliphatic carbocycles. The fourth-order valence-electron chi connectivity index (χ4n) is 1.97. The molecule has 0 bridgehead atoms. The molecule has 0 aliphatic rings. The molecule has 120 valence electrons. The van der Waals surface area contributed by atoms with Crippen molar-refractivity contribution in [2.75, 3.05) is 25.6 Å². The highest BCUT2D eigenvalue weighted by Gasteiger charge is 2.10. The van der Waals surface area contributed by atoms with Crippen molar-refractivity contribution in [1.29, 1.82) is 5.26 Å². The summed E-state index contributed by atoms with van der Waals surface area (Å²) in [7, 11) is 1.60. The average molecular weight is 318 g/mol. The zero-order valence-electron chi connectivity index (χ0n) is 12.6. The number of benzene rings is 2. The third kappa shape index (κ3) is 4.66. The molecular weight excluding hydrogens is 302 g/mol. The highest BCUT2D eigenvalue weighted by Crippen LogP contribution is 2.20. The Morgan fingerprint density at radius 3 is 2.35 bits per heavy atom. The van der Waals surface area contributed by atoms with Crippen molar-refractivity contribution in [2.45, 2.75) is 6.61 Å². The van der Waals surface area contributed by atoms with Gasteiger partial charge in [-0.15, -0.1) is 0 Å². The lowest BCUT2D eigenvalue weighted by molar-refractivity contribution is 0.130. The smallest absolute Gasteiger partial charge is 0.150 e. The first kappa shape index (κ1) is 16.7. The van der Waals surface area contributed by atoms with E-state index in [4.69, 9.17) is 14.7 Å². The maximum atomic E-state index is 13.6. The highest BCUT2D eigenvalue weighted by molar-refractivity contribution is 5.50. The fraction of sp³-hybridized carbons (Fsp3) is 0.235. The van der Waals surface area contributed by atoms with Gasteiger partial charge in [0.15, 0.2) is 11.6 Å². The minimum atomic E-state index is -0.795. The number of methoxy groups -OCH3 is 1. The first-order chi connectivity index (χ1) is 11.1. The van der Waals surface area contributed by atoms with Crippen molar-refractivity contribution in [1.82, 2.24) is 0 Å². The molecule has 2 aromatic rings. The summed E-state index contributed by atoms with van der Waals surface area (Å²) in [6.07, 6.45) is 0. The minimum Gasteiger partial charge on any atom is -0.497 e. The molecule has 0 saturated heterocycles. The van der Waals surface area contributed by atoms with Gasteiger partial charge in [0.1, 0.15) is 11.4 Å². The van der Waals surface area contributed by atoms with Crippen LogP contribution in [0.3, 0.4) is 0 Å². The molecule has 0 spiro atoms. The summed E-state index contributed by atoms with van der Waals surface area (Å²) in [5, 5.41) is 11.3. The van der Waals surface area contributed by atoms with Crippen molar-refractivity contribution < 1.29 is 18.3 Å². The van der Waals surface area contributed by atoms with E-state index in [1.807, 2.05) is 24.3 Å². The van der Waals surface area contributed by atoms with Crippen molar-refractivity contribution in [3.8, 4) is 11.8 Å². The number of hydrogen-bond acceptors (Lipinski definition) is 4. The second kappa shape index (κ2) is 8.11. The predicted molar refractivity (Wildman–Crippen MR) is 82.2 cm³/mol. The van der Waals surface area contributed by atoms with Crippen LogP contribution >= 0.6 is 0 Å². The first-order valence-electron chi connectivity index (χ1n) is 6.97. The van der Waals surface area contributed by atoms with Gasteiger partial charge in [0.2, 0.25) is 0 Å². The average Bonchev–Trinajstić information content (AvgIpc) is 2.57. The lowest BCUT2D eigenvalue weighted by atomic mass is 10.2. The van der Waals surface area contributed by atoms with Gasteiger partial charge in [-0.3, -0.25) is 0 Å². The predicted octanol–water partition coefficient (Wildman–Crippen LogP) is 3.47. The van der Waals surface area contributed by atoms with Gasteiger partial charge in [-0.05, 0) is 29.8 Å². The van der Waals surface area contributed by atoms with E-state index in [9.17, 15) is 8.78 Å². The Balaban J connectivity index is 1.78. The van der Waals surface area contributed by atoms with E-state index >= 15 is 0 Å². The molecule has 0 aromatic heterocycles. The molecule has 0 atom stereocenters. The number of ether oxygens (including phenoxy) is 2. The standard InChI is InChI=1S/C17H16F2N2O2/c1-22-14-4-2-12(3-5-14)11-23-7-6-21-17-15(18)8-13(10-20)9-16(17)19/h2-5,8-9,21H,6-7,11H2,1H3. The molecule has 0 aliphatic heterocycles. The number of nitriles is 1. The minimum absolute atomic E-state index is 0.0543. The fourth-order valence-corrected chi connectivity index (χ4v) is 1.97. The molecule has 0 heterocycles. The number of nitrogens with one attached hydrogen (secondary N) is 1. The van der Waals surface area contributed by atoms with Crippen LogP contribution in [0.1, 0.15) is 11.1 Å². The van der Waals surface area contributed by atoms with E-state index in [0.717, 1.165) is 23.4 Å². The van der Waals surface area contributed by atoms with E-state index in [2.05, 4.69) is 5.32 Å². The van der Waals surface area contributed by atoms with E-state index in [0.29, 0.717) is 6.61 Å². The topological polar surface area (TPSA) is 54.3 Å². The van der Waals surface area contributed by atoms with Crippen LogP contribution in [0, 0.1) is 23.0 Å². The van der Waals surface area contributed by atoms with Crippen LogP contribution in [-0.2, 0) is 11.3 Å². The van der Waals surface area contributed by atoms with Gasteiger partial charge in [-0.1, -0.05) is 12.1 Å². The van der Waals surface area contributed by atoms with E-state index in [-0.39, 0.29) is 24.4 Å². The van der Waals surface area contributed by atoms with Crippen LogP contribution in [-0.4, -0.2) is 20.3 Å². The van der Waals surface area contributed by atoms with Gasteiger partial charge in [-0.2, -0.15) is 5.26 Å². The van der Waals surface area contributed by atoms with E-state index in [1.165, 1.54) is 0 Å². The van der Waals surface area contributed by atoms with Crippen molar-refractivity contribution in [2.24, 2.45) is 0 Å². The van der Waals surface area contributed by atoms with Crippen LogP contribution in [0.4, 0.5) is 14.5 Å². The summed E-state index contributed by atoms with van der Waals surface area (Å²) < 4.78 is 37.8. The summed E-state index contributed by atoms with van der Waals surface area (Å²) in [5.41, 5.74) is 0.667. The summed E-state index contributed by atoms with van der Waals surface area (Å²) in [4.78, 5) is 0. The molecule has 1 N–H and O–H groups in total. The normalized spacial score (nSPS) is 10.2.